The van der Waals surface area contributed by atoms with Crippen LogP contribution in [0, 0.1) is 6.92 Å². The Bertz CT molecular complexity index is 985. The topological polar surface area (TPSA) is 56.6 Å². The average molecular weight is 428 g/mol. The predicted octanol–water partition coefficient (Wildman–Crippen LogP) is 5.01. The Kier molecular flexibility index (Phi) is 7.13. The summed E-state index contributed by atoms with van der Waals surface area (Å²) in [5.41, 5.74) is 2.50. The smallest absolute Gasteiger partial charge is 0.249 e. The van der Waals surface area contributed by atoms with E-state index >= 15 is 0 Å². The summed E-state index contributed by atoms with van der Waals surface area (Å²) < 4.78 is 13.1. The number of rotatable bonds is 8. The lowest BCUT2D eigenvalue weighted by Crippen LogP contribution is -2.38. The SMILES string of the molecule is COCC(=O)N(Cc1c(C)nn(-c2ccccc2)c1Oc1ccc(Cl)cc1)C(C)C. The second-order valence-electron chi connectivity index (χ2n) is 7.22. The van der Waals surface area contributed by atoms with E-state index < -0.39 is 0 Å². The van der Waals surface area contributed by atoms with Gasteiger partial charge in [0.25, 0.3) is 0 Å². The molecule has 158 valence electrons. The van der Waals surface area contributed by atoms with Crippen molar-refractivity contribution < 1.29 is 14.3 Å². The first-order valence-electron chi connectivity index (χ1n) is 9.76. The molecule has 30 heavy (non-hydrogen) atoms. The highest BCUT2D eigenvalue weighted by Gasteiger charge is 2.25. The highest BCUT2D eigenvalue weighted by atomic mass is 35.5. The maximum absolute atomic E-state index is 12.6. The van der Waals surface area contributed by atoms with Gasteiger partial charge in [0, 0.05) is 18.2 Å². The molecule has 1 aromatic heterocycles. The first-order chi connectivity index (χ1) is 14.4. The molecule has 0 radical (unpaired) electrons. The number of carbonyl (C=O) groups is 1. The van der Waals surface area contributed by atoms with Gasteiger partial charge in [0.05, 0.1) is 23.5 Å². The second kappa shape index (κ2) is 9.78. The van der Waals surface area contributed by atoms with Gasteiger partial charge in [0.15, 0.2) is 0 Å². The van der Waals surface area contributed by atoms with Crippen LogP contribution in [0.3, 0.4) is 0 Å². The van der Waals surface area contributed by atoms with Crippen LogP contribution in [-0.4, -0.2) is 40.3 Å². The van der Waals surface area contributed by atoms with Crippen molar-refractivity contribution in [1.29, 1.82) is 0 Å². The Morgan fingerprint density at radius 1 is 1.13 bits per heavy atom. The largest absolute Gasteiger partial charge is 0.439 e. The van der Waals surface area contributed by atoms with Gasteiger partial charge in [-0.25, -0.2) is 4.68 Å². The molecule has 0 bridgehead atoms. The van der Waals surface area contributed by atoms with E-state index in [0.717, 1.165) is 16.9 Å². The Morgan fingerprint density at radius 3 is 2.40 bits per heavy atom. The summed E-state index contributed by atoms with van der Waals surface area (Å²) in [6.07, 6.45) is 0. The third kappa shape index (κ3) is 5.01. The summed E-state index contributed by atoms with van der Waals surface area (Å²) in [7, 11) is 1.52. The van der Waals surface area contributed by atoms with Crippen molar-refractivity contribution in [2.24, 2.45) is 0 Å². The molecule has 0 unspecified atom stereocenters. The highest BCUT2D eigenvalue weighted by molar-refractivity contribution is 6.30. The molecule has 0 aliphatic heterocycles. The van der Waals surface area contributed by atoms with E-state index in [1.165, 1.54) is 7.11 Å². The molecule has 0 saturated heterocycles. The van der Waals surface area contributed by atoms with Crippen LogP contribution in [0.25, 0.3) is 5.69 Å². The van der Waals surface area contributed by atoms with Crippen molar-refractivity contribution in [3.05, 3.63) is 70.9 Å². The molecule has 1 heterocycles. The molecule has 0 spiro atoms. The van der Waals surface area contributed by atoms with E-state index in [-0.39, 0.29) is 18.6 Å². The minimum Gasteiger partial charge on any atom is -0.439 e. The maximum Gasteiger partial charge on any atom is 0.249 e. The molecule has 6 nitrogen and oxygen atoms in total. The van der Waals surface area contributed by atoms with Crippen molar-refractivity contribution in [3.63, 3.8) is 0 Å². The molecule has 0 saturated carbocycles. The standard InChI is InChI=1S/C23H26ClN3O3/c1-16(2)26(22(28)15-29-4)14-21-17(3)25-27(19-8-6-5-7-9-19)23(21)30-20-12-10-18(24)11-13-20/h5-13,16H,14-15H2,1-4H3. The van der Waals surface area contributed by atoms with E-state index in [0.29, 0.717) is 23.2 Å². The summed E-state index contributed by atoms with van der Waals surface area (Å²) in [6, 6.07) is 16.9. The fourth-order valence-electron chi connectivity index (χ4n) is 3.12. The molecule has 7 heteroatoms. The monoisotopic (exact) mass is 427 g/mol. The Hall–Kier alpha value is -2.83. The summed E-state index contributed by atoms with van der Waals surface area (Å²) in [5, 5.41) is 5.34. The van der Waals surface area contributed by atoms with E-state index in [4.69, 9.17) is 26.2 Å². The third-order valence-corrected chi connectivity index (χ3v) is 4.96. The molecule has 0 atom stereocenters. The van der Waals surface area contributed by atoms with Gasteiger partial charge in [0.2, 0.25) is 11.8 Å². The molecule has 0 fully saturated rings. The average Bonchev–Trinajstić information content (AvgIpc) is 3.03. The summed E-state index contributed by atoms with van der Waals surface area (Å²) in [4.78, 5) is 14.4. The lowest BCUT2D eigenvalue weighted by atomic mass is 10.2. The number of para-hydroxylation sites is 1. The number of carbonyl (C=O) groups excluding carboxylic acids is 1. The Balaban J connectivity index is 2.06. The molecule has 1 amide bonds. The van der Waals surface area contributed by atoms with Crippen LogP contribution < -0.4 is 4.74 Å². The van der Waals surface area contributed by atoms with Gasteiger partial charge in [-0.05, 0) is 57.2 Å². The number of aryl methyl sites for hydroxylation is 1. The number of ether oxygens (including phenoxy) is 2. The molecule has 3 aromatic rings. The number of methoxy groups -OCH3 is 1. The first kappa shape index (κ1) is 21.9. The van der Waals surface area contributed by atoms with Gasteiger partial charge in [0.1, 0.15) is 12.4 Å². The van der Waals surface area contributed by atoms with Crippen LogP contribution in [0.5, 0.6) is 11.6 Å². The van der Waals surface area contributed by atoms with Crippen LogP contribution >= 0.6 is 11.6 Å². The van der Waals surface area contributed by atoms with E-state index in [1.54, 1.807) is 33.8 Å². The molecule has 0 aliphatic carbocycles. The minimum atomic E-state index is -0.0863. The predicted molar refractivity (Wildman–Crippen MR) is 117 cm³/mol. The number of aromatic nitrogens is 2. The second-order valence-corrected chi connectivity index (χ2v) is 7.66. The number of hydrogen-bond donors (Lipinski definition) is 0. The van der Waals surface area contributed by atoms with Crippen LogP contribution in [0.2, 0.25) is 5.02 Å². The molecule has 0 aliphatic rings. The number of benzene rings is 2. The van der Waals surface area contributed by atoms with E-state index in [9.17, 15) is 4.79 Å². The van der Waals surface area contributed by atoms with Gasteiger partial charge in [-0.15, -0.1) is 0 Å². The van der Waals surface area contributed by atoms with Gasteiger partial charge >= 0.3 is 0 Å². The van der Waals surface area contributed by atoms with Crippen LogP contribution in [0.15, 0.2) is 54.6 Å². The molecular weight excluding hydrogens is 402 g/mol. The summed E-state index contributed by atoms with van der Waals surface area (Å²) >= 11 is 6.02. The first-order valence-corrected chi connectivity index (χ1v) is 10.1. The molecule has 2 aromatic carbocycles. The van der Waals surface area contributed by atoms with Crippen molar-refractivity contribution in [2.75, 3.05) is 13.7 Å². The maximum atomic E-state index is 12.6. The quantitative estimate of drug-likeness (QED) is 0.507. The minimum absolute atomic E-state index is 0.00416. The van der Waals surface area contributed by atoms with Crippen LogP contribution in [0.1, 0.15) is 25.1 Å². The fraction of sp³-hybridized carbons (Fsp3) is 0.304. The summed E-state index contributed by atoms with van der Waals surface area (Å²) in [6.45, 7) is 6.26. The lowest BCUT2D eigenvalue weighted by Gasteiger charge is -2.27. The number of amides is 1. The van der Waals surface area contributed by atoms with Crippen molar-refractivity contribution in [1.82, 2.24) is 14.7 Å². The zero-order chi connectivity index (χ0) is 21.7. The Morgan fingerprint density at radius 2 is 1.80 bits per heavy atom. The van der Waals surface area contributed by atoms with Crippen molar-refractivity contribution >= 4 is 17.5 Å². The fourth-order valence-corrected chi connectivity index (χ4v) is 3.25. The lowest BCUT2D eigenvalue weighted by molar-refractivity contribution is -0.137. The van der Waals surface area contributed by atoms with Crippen molar-refractivity contribution in [3.8, 4) is 17.3 Å². The zero-order valence-corrected chi connectivity index (χ0v) is 18.4. The molecule has 3 rings (SSSR count). The van der Waals surface area contributed by atoms with Crippen LogP contribution in [-0.2, 0) is 16.1 Å². The zero-order valence-electron chi connectivity index (χ0n) is 17.6. The number of nitrogens with zero attached hydrogens (tertiary/aromatic N) is 3. The van der Waals surface area contributed by atoms with E-state index in [1.807, 2.05) is 51.1 Å². The number of hydrogen-bond acceptors (Lipinski definition) is 4. The summed E-state index contributed by atoms with van der Waals surface area (Å²) in [5.74, 6) is 1.12. The van der Waals surface area contributed by atoms with Crippen LogP contribution in [0.4, 0.5) is 0 Å². The molecule has 0 N–H and O–H groups in total. The molecular formula is C23H26ClN3O3. The van der Waals surface area contributed by atoms with Gasteiger partial charge in [-0.1, -0.05) is 29.8 Å². The Labute approximate surface area is 182 Å². The number of halogens is 1. The van der Waals surface area contributed by atoms with Gasteiger partial charge in [-0.2, -0.15) is 5.10 Å². The van der Waals surface area contributed by atoms with Gasteiger partial charge < -0.3 is 14.4 Å². The third-order valence-electron chi connectivity index (χ3n) is 4.71. The van der Waals surface area contributed by atoms with Gasteiger partial charge in [-0.3, -0.25) is 4.79 Å². The highest BCUT2D eigenvalue weighted by Crippen LogP contribution is 2.32. The van der Waals surface area contributed by atoms with E-state index in [2.05, 4.69) is 0 Å². The normalized spacial score (nSPS) is 11.0. The van der Waals surface area contributed by atoms with Crippen molar-refractivity contribution in [2.45, 2.75) is 33.4 Å².